The summed E-state index contributed by atoms with van der Waals surface area (Å²) < 4.78 is 1.22. The van der Waals surface area contributed by atoms with Gasteiger partial charge in [-0.2, -0.15) is 0 Å². The predicted molar refractivity (Wildman–Crippen MR) is 69.9 cm³/mol. The first-order chi connectivity index (χ1) is 9.54. The van der Waals surface area contributed by atoms with E-state index in [1.165, 1.54) is 30.1 Å². The number of carbonyl (C=O) groups is 2. The van der Waals surface area contributed by atoms with E-state index in [0.717, 1.165) is 6.54 Å². The number of carboxylic acid groups (broad SMARTS) is 1. The number of hydrogen-bond donors (Lipinski definition) is 2. The van der Waals surface area contributed by atoms with Crippen LogP contribution in [0.5, 0.6) is 0 Å². The fourth-order valence-corrected chi connectivity index (χ4v) is 2.08. The van der Waals surface area contributed by atoms with Crippen molar-refractivity contribution in [1.29, 1.82) is 0 Å². The molecule has 0 saturated heterocycles. The normalized spacial score (nSPS) is 14.7. The first-order valence-corrected chi connectivity index (χ1v) is 6.64. The van der Waals surface area contributed by atoms with Crippen LogP contribution in [0, 0.1) is 5.92 Å². The van der Waals surface area contributed by atoms with Crippen LogP contribution in [0.2, 0.25) is 0 Å². The second-order valence-electron chi connectivity index (χ2n) is 5.14. The summed E-state index contributed by atoms with van der Waals surface area (Å²) in [6, 6.07) is -0.148. The van der Waals surface area contributed by atoms with Gasteiger partial charge in [-0.3, -0.25) is 4.79 Å². The monoisotopic (exact) mass is 281 g/mol. The Morgan fingerprint density at radius 2 is 2.30 bits per heavy atom. The Hall–Kier alpha value is -2.12. The zero-order valence-electron chi connectivity index (χ0n) is 11.4. The summed E-state index contributed by atoms with van der Waals surface area (Å²) in [6.07, 6.45) is 5.16. The highest BCUT2D eigenvalue weighted by atomic mass is 16.4. The third-order valence-electron chi connectivity index (χ3n) is 3.41. The lowest BCUT2D eigenvalue weighted by molar-refractivity contribution is -0.137. The van der Waals surface area contributed by atoms with Crippen molar-refractivity contribution in [2.45, 2.75) is 32.4 Å². The van der Waals surface area contributed by atoms with E-state index in [1.807, 2.05) is 0 Å². The van der Waals surface area contributed by atoms with Crippen LogP contribution in [-0.2, 0) is 17.9 Å². The molecule has 110 valence electrons. The lowest BCUT2D eigenvalue weighted by atomic mass is 9.85. The first-order valence-electron chi connectivity index (χ1n) is 6.64. The average Bonchev–Trinajstić information content (AvgIpc) is 2.77. The molecule has 1 aliphatic rings. The van der Waals surface area contributed by atoms with Gasteiger partial charge in [0.05, 0.1) is 12.7 Å². The van der Waals surface area contributed by atoms with Gasteiger partial charge in [0, 0.05) is 13.6 Å². The Morgan fingerprint density at radius 1 is 1.55 bits per heavy atom. The van der Waals surface area contributed by atoms with Crippen LogP contribution >= 0.6 is 0 Å². The van der Waals surface area contributed by atoms with Crippen LogP contribution in [0.3, 0.4) is 0 Å². The third-order valence-corrected chi connectivity index (χ3v) is 3.41. The second-order valence-corrected chi connectivity index (χ2v) is 5.14. The molecule has 0 bridgehead atoms. The van der Waals surface area contributed by atoms with E-state index in [0.29, 0.717) is 11.6 Å². The summed E-state index contributed by atoms with van der Waals surface area (Å²) in [5.41, 5.74) is 0.539. The molecule has 20 heavy (non-hydrogen) atoms. The minimum atomic E-state index is -0.981. The summed E-state index contributed by atoms with van der Waals surface area (Å²) in [5.74, 6) is -0.354. The molecule has 8 nitrogen and oxygen atoms in total. The maximum absolute atomic E-state index is 11.8. The minimum Gasteiger partial charge on any atom is -0.480 e. The van der Waals surface area contributed by atoms with Crippen LogP contribution in [0.1, 0.15) is 25.0 Å². The maximum atomic E-state index is 11.8. The largest absolute Gasteiger partial charge is 0.480 e. The smallest absolute Gasteiger partial charge is 0.325 e. The second kappa shape index (κ2) is 6.36. The summed E-state index contributed by atoms with van der Waals surface area (Å²) >= 11 is 0. The summed E-state index contributed by atoms with van der Waals surface area (Å²) in [5, 5.41) is 18.8. The highest BCUT2D eigenvalue weighted by molar-refractivity contribution is 5.73. The van der Waals surface area contributed by atoms with Crippen molar-refractivity contribution in [1.82, 2.24) is 25.2 Å². The number of carbonyl (C=O) groups excluding carboxylic acids is 1. The van der Waals surface area contributed by atoms with Gasteiger partial charge in [0.1, 0.15) is 12.2 Å². The van der Waals surface area contributed by atoms with Crippen molar-refractivity contribution in [3.8, 4) is 0 Å². The molecule has 0 unspecified atom stereocenters. The van der Waals surface area contributed by atoms with Gasteiger partial charge in [0.15, 0.2) is 0 Å². The molecule has 0 atom stereocenters. The number of nitrogens with zero attached hydrogens (tertiary/aromatic N) is 4. The van der Waals surface area contributed by atoms with E-state index < -0.39 is 5.97 Å². The number of amides is 2. The molecular formula is C12H19N5O3. The van der Waals surface area contributed by atoms with Gasteiger partial charge in [-0.1, -0.05) is 11.6 Å². The standard InChI is InChI=1S/C12H19N5O3/c1-16(6-9-3-2-4-9)12(20)13-5-10-7-17(15-14-10)8-11(18)19/h7,9H,2-6,8H2,1H3,(H,13,20)(H,18,19). The molecular weight excluding hydrogens is 262 g/mol. The van der Waals surface area contributed by atoms with E-state index in [9.17, 15) is 9.59 Å². The zero-order chi connectivity index (χ0) is 14.5. The van der Waals surface area contributed by atoms with E-state index in [-0.39, 0.29) is 19.1 Å². The lowest BCUT2D eigenvalue weighted by Crippen LogP contribution is -2.40. The van der Waals surface area contributed by atoms with Gasteiger partial charge >= 0.3 is 12.0 Å². The number of rotatable bonds is 6. The Balaban J connectivity index is 1.74. The first kappa shape index (κ1) is 14.3. The Morgan fingerprint density at radius 3 is 2.90 bits per heavy atom. The van der Waals surface area contributed by atoms with Gasteiger partial charge in [0.2, 0.25) is 0 Å². The average molecular weight is 281 g/mol. The molecule has 1 aliphatic carbocycles. The number of aliphatic carboxylic acids is 1. The number of hydrogen-bond acceptors (Lipinski definition) is 4. The van der Waals surface area contributed by atoms with Crippen molar-refractivity contribution in [2.24, 2.45) is 5.92 Å². The summed E-state index contributed by atoms with van der Waals surface area (Å²) in [6.45, 7) is 0.785. The van der Waals surface area contributed by atoms with Crippen LogP contribution in [0.25, 0.3) is 0 Å². The van der Waals surface area contributed by atoms with Crippen molar-refractivity contribution in [3.63, 3.8) is 0 Å². The molecule has 0 spiro atoms. The van der Waals surface area contributed by atoms with E-state index in [2.05, 4.69) is 15.6 Å². The van der Waals surface area contributed by atoms with Crippen molar-refractivity contribution >= 4 is 12.0 Å². The predicted octanol–water partition coefficient (Wildman–Crippen LogP) is 0.304. The van der Waals surface area contributed by atoms with Gasteiger partial charge < -0.3 is 15.3 Å². The van der Waals surface area contributed by atoms with Gasteiger partial charge in [-0.25, -0.2) is 9.48 Å². The summed E-state index contributed by atoms with van der Waals surface area (Å²) in [7, 11) is 1.77. The molecule has 2 rings (SSSR count). The number of nitrogens with one attached hydrogen (secondary N) is 1. The van der Waals surface area contributed by atoms with Crippen molar-refractivity contribution in [2.75, 3.05) is 13.6 Å². The molecule has 8 heteroatoms. The van der Waals surface area contributed by atoms with Crippen LogP contribution in [0.4, 0.5) is 4.79 Å². The fourth-order valence-electron chi connectivity index (χ4n) is 2.08. The third kappa shape index (κ3) is 3.94. The molecule has 2 N–H and O–H groups in total. The van der Waals surface area contributed by atoms with E-state index >= 15 is 0 Å². The van der Waals surface area contributed by atoms with Gasteiger partial charge in [-0.15, -0.1) is 5.10 Å². The maximum Gasteiger partial charge on any atom is 0.325 e. The fraction of sp³-hybridized carbons (Fsp3) is 0.667. The highest BCUT2D eigenvalue weighted by Crippen LogP contribution is 2.26. The molecule has 0 radical (unpaired) electrons. The Bertz CT molecular complexity index is 483. The molecule has 1 heterocycles. The minimum absolute atomic E-state index is 0.148. The zero-order valence-corrected chi connectivity index (χ0v) is 11.4. The molecule has 1 fully saturated rings. The Labute approximate surface area is 116 Å². The van der Waals surface area contributed by atoms with Crippen LogP contribution < -0.4 is 5.32 Å². The molecule has 0 aliphatic heterocycles. The lowest BCUT2D eigenvalue weighted by Gasteiger charge is -2.30. The van der Waals surface area contributed by atoms with Crippen LogP contribution in [-0.4, -0.2) is 50.6 Å². The van der Waals surface area contributed by atoms with E-state index in [4.69, 9.17) is 5.11 Å². The van der Waals surface area contributed by atoms with Crippen molar-refractivity contribution in [3.05, 3.63) is 11.9 Å². The van der Waals surface area contributed by atoms with Gasteiger partial charge in [0.25, 0.3) is 0 Å². The molecule has 0 aromatic carbocycles. The van der Waals surface area contributed by atoms with Crippen molar-refractivity contribution < 1.29 is 14.7 Å². The Kier molecular flexibility index (Phi) is 4.54. The number of carboxylic acids is 1. The molecule has 1 saturated carbocycles. The van der Waals surface area contributed by atoms with Crippen LogP contribution in [0.15, 0.2) is 6.20 Å². The molecule has 1 aromatic heterocycles. The molecule has 2 amide bonds. The summed E-state index contributed by atoms with van der Waals surface area (Å²) in [4.78, 5) is 24.0. The number of aromatic nitrogens is 3. The SMILES string of the molecule is CN(CC1CCC1)C(=O)NCc1cn(CC(=O)O)nn1. The van der Waals surface area contributed by atoms with E-state index in [1.54, 1.807) is 11.9 Å². The quantitative estimate of drug-likeness (QED) is 0.781. The highest BCUT2D eigenvalue weighted by Gasteiger charge is 2.21. The molecule has 1 aromatic rings. The van der Waals surface area contributed by atoms with Gasteiger partial charge in [-0.05, 0) is 18.8 Å². The number of urea groups is 1. The topological polar surface area (TPSA) is 100 Å².